The maximum atomic E-state index is 12.8. The number of carbonyl (C=O) groups is 1. The minimum atomic E-state index is -3.79. The molecule has 3 aromatic rings. The van der Waals surface area contributed by atoms with Crippen LogP contribution < -0.4 is 14.8 Å². The summed E-state index contributed by atoms with van der Waals surface area (Å²) < 4.78 is 38.9. The van der Waals surface area contributed by atoms with Crippen LogP contribution in [0.25, 0.3) is 12.2 Å². The molecule has 0 spiro atoms. The fraction of sp³-hybridized carbons (Fsp3) is 0.217. The molecule has 1 aromatic heterocycles. The van der Waals surface area contributed by atoms with Gasteiger partial charge in [0.2, 0.25) is 5.91 Å². The van der Waals surface area contributed by atoms with Crippen LogP contribution in [0.5, 0.6) is 5.75 Å². The summed E-state index contributed by atoms with van der Waals surface area (Å²) in [4.78, 5) is 11.8. The highest BCUT2D eigenvalue weighted by atomic mass is 32.2. The highest BCUT2D eigenvalue weighted by molar-refractivity contribution is 7.92. The third kappa shape index (κ3) is 5.55. The molecule has 0 fully saturated rings. The number of benzene rings is 2. The third-order valence-electron chi connectivity index (χ3n) is 4.52. The van der Waals surface area contributed by atoms with E-state index >= 15 is 0 Å². The smallest absolute Gasteiger partial charge is 0.262 e. The second-order valence-electron chi connectivity index (χ2n) is 6.85. The van der Waals surface area contributed by atoms with Gasteiger partial charge in [-0.15, -0.1) is 0 Å². The van der Waals surface area contributed by atoms with Gasteiger partial charge < -0.3 is 14.6 Å². The van der Waals surface area contributed by atoms with E-state index in [9.17, 15) is 13.2 Å². The Bertz CT molecular complexity index is 1210. The molecule has 0 radical (unpaired) electrons. The first kappa shape index (κ1) is 23.1. The Morgan fingerprint density at radius 1 is 1.09 bits per heavy atom. The molecule has 0 aliphatic rings. The zero-order chi connectivity index (χ0) is 23.1. The van der Waals surface area contributed by atoms with E-state index in [4.69, 9.17) is 9.26 Å². The summed E-state index contributed by atoms with van der Waals surface area (Å²) in [5.74, 6) is 0.737. The van der Waals surface area contributed by atoms with E-state index in [1.54, 1.807) is 62.4 Å². The van der Waals surface area contributed by atoms with E-state index in [1.165, 1.54) is 12.1 Å². The number of carbonyl (C=O) groups excluding carboxylic acids is 1. The molecule has 2 N–H and O–H groups in total. The van der Waals surface area contributed by atoms with Crippen molar-refractivity contribution in [2.45, 2.75) is 32.1 Å². The van der Waals surface area contributed by atoms with Crippen molar-refractivity contribution in [3.05, 3.63) is 65.5 Å². The van der Waals surface area contributed by atoms with Gasteiger partial charge in [0.15, 0.2) is 5.76 Å². The van der Waals surface area contributed by atoms with Crippen LogP contribution in [0, 0.1) is 6.92 Å². The number of sulfonamides is 1. The molecule has 0 saturated carbocycles. The lowest BCUT2D eigenvalue weighted by Gasteiger charge is -2.12. The Balaban J connectivity index is 1.76. The summed E-state index contributed by atoms with van der Waals surface area (Å²) >= 11 is 0. The normalized spacial score (nSPS) is 11.5. The first-order valence-electron chi connectivity index (χ1n) is 10.1. The summed E-state index contributed by atoms with van der Waals surface area (Å²) in [6, 6.07) is 13.2. The van der Waals surface area contributed by atoms with Crippen molar-refractivity contribution in [1.82, 2.24) is 5.16 Å². The van der Waals surface area contributed by atoms with Crippen molar-refractivity contribution in [2.24, 2.45) is 0 Å². The van der Waals surface area contributed by atoms with Gasteiger partial charge in [-0.3, -0.25) is 9.52 Å². The number of rotatable bonds is 9. The molecule has 0 bridgehead atoms. The Morgan fingerprint density at radius 2 is 1.81 bits per heavy atom. The molecule has 0 saturated heterocycles. The van der Waals surface area contributed by atoms with E-state index in [-0.39, 0.29) is 10.8 Å². The van der Waals surface area contributed by atoms with Gasteiger partial charge in [0.05, 0.1) is 17.2 Å². The van der Waals surface area contributed by atoms with Crippen LogP contribution in [-0.2, 0) is 14.8 Å². The second-order valence-corrected chi connectivity index (χ2v) is 8.53. The van der Waals surface area contributed by atoms with Gasteiger partial charge in [-0.2, -0.15) is 0 Å². The molecular weight excluding hydrogens is 430 g/mol. The van der Waals surface area contributed by atoms with Crippen molar-refractivity contribution >= 4 is 39.5 Å². The molecule has 8 nitrogen and oxygen atoms in total. The van der Waals surface area contributed by atoms with Gasteiger partial charge in [-0.1, -0.05) is 42.4 Å². The van der Waals surface area contributed by atoms with Gasteiger partial charge in [0.25, 0.3) is 10.0 Å². The Labute approximate surface area is 187 Å². The Hall–Kier alpha value is -3.59. The lowest BCUT2D eigenvalue weighted by molar-refractivity contribution is -0.115. The average Bonchev–Trinajstić information content (AvgIpc) is 3.13. The lowest BCUT2D eigenvalue weighted by Crippen LogP contribution is -2.13. The van der Waals surface area contributed by atoms with Crippen LogP contribution in [0.1, 0.15) is 37.3 Å². The number of amides is 1. The van der Waals surface area contributed by atoms with Crippen LogP contribution in [-0.4, -0.2) is 26.1 Å². The van der Waals surface area contributed by atoms with E-state index in [0.717, 1.165) is 5.56 Å². The summed E-state index contributed by atoms with van der Waals surface area (Å²) in [6.07, 6.45) is 3.76. The summed E-state index contributed by atoms with van der Waals surface area (Å²) in [5.41, 5.74) is 2.22. The summed E-state index contributed by atoms with van der Waals surface area (Å²) in [6.45, 7) is 5.75. The number of anilines is 2. The van der Waals surface area contributed by atoms with Crippen LogP contribution in [0.3, 0.4) is 0 Å². The predicted molar refractivity (Wildman–Crippen MR) is 124 cm³/mol. The highest BCUT2D eigenvalue weighted by Gasteiger charge is 2.16. The highest BCUT2D eigenvalue weighted by Crippen LogP contribution is 2.27. The van der Waals surface area contributed by atoms with Crippen molar-refractivity contribution in [3.63, 3.8) is 0 Å². The molecule has 2 aromatic carbocycles. The molecule has 1 heterocycles. The molecule has 32 heavy (non-hydrogen) atoms. The van der Waals surface area contributed by atoms with Crippen LogP contribution in [0.15, 0.2) is 57.9 Å². The second kappa shape index (κ2) is 10.1. The van der Waals surface area contributed by atoms with E-state index in [0.29, 0.717) is 41.6 Å². The number of hydrogen-bond donors (Lipinski definition) is 2. The Kier molecular flexibility index (Phi) is 7.32. The van der Waals surface area contributed by atoms with Gasteiger partial charge in [-0.05, 0) is 49.8 Å². The van der Waals surface area contributed by atoms with Crippen molar-refractivity contribution in [3.8, 4) is 5.75 Å². The molecule has 168 valence electrons. The van der Waals surface area contributed by atoms with Crippen LogP contribution in [0.4, 0.5) is 11.4 Å². The van der Waals surface area contributed by atoms with Crippen LogP contribution in [0.2, 0.25) is 0 Å². The molecule has 9 heteroatoms. The minimum Gasteiger partial charge on any atom is -0.492 e. The molecular formula is C23H25N3O5S. The minimum absolute atomic E-state index is 0.118. The fourth-order valence-corrected chi connectivity index (χ4v) is 3.92. The average molecular weight is 456 g/mol. The quantitative estimate of drug-likeness (QED) is 0.484. The fourth-order valence-electron chi connectivity index (χ4n) is 2.85. The summed E-state index contributed by atoms with van der Waals surface area (Å²) in [7, 11) is -3.79. The maximum absolute atomic E-state index is 12.8. The standard InChI is InChI=1S/C23H25N3O5S/c1-4-22(27)24-23-16(3)25-31-21(23)15-12-17-10-13-18(14-11-17)32(28,29)26-19-8-6-7-9-20(19)30-5-2/h6-15,26H,4-5H2,1-3H3,(H,24,27). The third-order valence-corrected chi connectivity index (χ3v) is 5.90. The Morgan fingerprint density at radius 3 is 2.50 bits per heavy atom. The number of para-hydroxylation sites is 2. The first-order chi connectivity index (χ1) is 15.3. The van der Waals surface area contributed by atoms with E-state index in [1.807, 2.05) is 6.92 Å². The number of nitrogens with one attached hydrogen (secondary N) is 2. The van der Waals surface area contributed by atoms with Gasteiger partial charge >= 0.3 is 0 Å². The predicted octanol–water partition coefficient (Wildman–Crippen LogP) is 4.70. The largest absolute Gasteiger partial charge is 0.492 e. The van der Waals surface area contributed by atoms with Gasteiger partial charge in [0.1, 0.15) is 17.1 Å². The molecule has 0 atom stereocenters. The van der Waals surface area contributed by atoms with Crippen molar-refractivity contribution in [2.75, 3.05) is 16.6 Å². The van der Waals surface area contributed by atoms with Gasteiger partial charge in [0, 0.05) is 6.42 Å². The zero-order valence-electron chi connectivity index (χ0n) is 18.1. The number of aromatic nitrogens is 1. The van der Waals surface area contributed by atoms with Crippen molar-refractivity contribution < 1.29 is 22.5 Å². The van der Waals surface area contributed by atoms with E-state index < -0.39 is 10.0 Å². The van der Waals surface area contributed by atoms with Gasteiger partial charge in [-0.25, -0.2) is 8.42 Å². The number of aryl methyl sites for hydroxylation is 1. The monoisotopic (exact) mass is 455 g/mol. The van der Waals surface area contributed by atoms with E-state index in [2.05, 4.69) is 15.2 Å². The number of hydrogen-bond acceptors (Lipinski definition) is 6. The molecule has 0 aliphatic carbocycles. The molecule has 3 rings (SSSR count). The molecule has 0 unspecified atom stereocenters. The van der Waals surface area contributed by atoms with Crippen molar-refractivity contribution in [1.29, 1.82) is 0 Å². The molecule has 0 aliphatic heterocycles. The topological polar surface area (TPSA) is 111 Å². The maximum Gasteiger partial charge on any atom is 0.262 e. The first-order valence-corrected chi connectivity index (χ1v) is 11.6. The number of ether oxygens (including phenoxy) is 1. The number of nitrogens with zero attached hydrogens (tertiary/aromatic N) is 1. The lowest BCUT2D eigenvalue weighted by atomic mass is 10.2. The molecule has 1 amide bonds. The SMILES string of the molecule is CCOc1ccccc1NS(=O)(=O)c1ccc(C=Cc2onc(C)c2NC(=O)CC)cc1. The van der Waals surface area contributed by atoms with Crippen LogP contribution >= 0.6 is 0 Å². The zero-order valence-corrected chi connectivity index (χ0v) is 18.9. The summed E-state index contributed by atoms with van der Waals surface area (Å²) in [5, 5.41) is 6.65.